The molecule has 2 aromatic carbocycles. The second-order valence-electron chi connectivity index (χ2n) is 4.03. The highest BCUT2D eigenvalue weighted by Crippen LogP contribution is 2.30. The lowest BCUT2D eigenvalue weighted by atomic mass is 10.3. The molecule has 3 N–H and O–H groups in total. The van der Waals surface area contributed by atoms with Crippen molar-refractivity contribution in [2.45, 2.75) is 4.90 Å². The summed E-state index contributed by atoms with van der Waals surface area (Å²) in [5.74, 6) is -0.909. The Hall–Kier alpha value is -0.830. The van der Waals surface area contributed by atoms with Gasteiger partial charge in [-0.2, -0.15) is 0 Å². The average Bonchev–Trinajstić information content (AvgIpc) is 2.37. The topological polar surface area (TPSA) is 72.2 Å². The Morgan fingerprint density at radius 3 is 2.43 bits per heavy atom. The third-order valence-corrected chi connectivity index (χ3v) is 5.47. The Kier molecular flexibility index (Phi) is 4.82. The molecule has 0 aliphatic rings. The first-order valence-electron chi connectivity index (χ1n) is 5.43. The van der Waals surface area contributed by atoms with Gasteiger partial charge >= 0.3 is 0 Å². The van der Waals surface area contributed by atoms with E-state index in [1.165, 1.54) is 18.2 Å². The summed E-state index contributed by atoms with van der Waals surface area (Å²) < 4.78 is 41.3. The first kappa shape index (κ1) is 16.5. The zero-order chi connectivity index (χ0) is 15.8. The maximum Gasteiger partial charge on any atom is 0.264 e. The molecule has 0 aromatic heterocycles. The van der Waals surface area contributed by atoms with Gasteiger partial charge in [-0.25, -0.2) is 12.8 Å². The van der Waals surface area contributed by atoms with Gasteiger partial charge in [-0.3, -0.25) is 4.72 Å². The summed E-state index contributed by atoms with van der Waals surface area (Å²) in [6.07, 6.45) is 0. The van der Waals surface area contributed by atoms with Crippen LogP contribution in [0.2, 0.25) is 5.02 Å². The van der Waals surface area contributed by atoms with Gasteiger partial charge in [0.15, 0.2) is 0 Å². The van der Waals surface area contributed by atoms with E-state index in [0.29, 0.717) is 9.50 Å². The molecule has 0 aliphatic heterocycles. The van der Waals surface area contributed by atoms with Gasteiger partial charge in [-0.1, -0.05) is 11.6 Å². The van der Waals surface area contributed by atoms with Crippen molar-refractivity contribution >= 4 is 64.9 Å². The monoisotopic (exact) mass is 456 g/mol. The van der Waals surface area contributed by atoms with Gasteiger partial charge in [0.25, 0.3) is 10.0 Å². The van der Waals surface area contributed by atoms with Crippen molar-refractivity contribution < 1.29 is 12.8 Å². The normalized spacial score (nSPS) is 11.4. The van der Waals surface area contributed by atoms with Crippen LogP contribution < -0.4 is 10.5 Å². The maximum atomic E-state index is 13.9. The molecule has 4 nitrogen and oxygen atoms in total. The molecule has 0 spiro atoms. The van der Waals surface area contributed by atoms with E-state index in [9.17, 15) is 12.8 Å². The molecule has 0 fully saturated rings. The van der Waals surface area contributed by atoms with Crippen molar-refractivity contribution in [2.24, 2.45) is 0 Å². The van der Waals surface area contributed by atoms with Crippen LogP contribution in [0.15, 0.2) is 44.2 Å². The van der Waals surface area contributed by atoms with Gasteiger partial charge in [0.05, 0.1) is 5.69 Å². The Morgan fingerprint density at radius 1 is 1.14 bits per heavy atom. The molecule has 2 rings (SSSR count). The predicted octanol–water partition coefficient (Wildman–Crippen LogP) is 4.39. The number of nitrogen functional groups attached to an aromatic ring is 1. The molecule has 0 saturated carbocycles. The Labute approximate surface area is 142 Å². The van der Waals surface area contributed by atoms with Crippen LogP contribution in [0.3, 0.4) is 0 Å². The van der Waals surface area contributed by atoms with Gasteiger partial charge in [0.1, 0.15) is 10.7 Å². The van der Waals surface area contributed by atoms with Crippen LogP contribution in [0.25, 0.3) is 0 Å². The average molecular weight is 459 g/mol. The molecular formula is C12H8Br2ClFN2O2S. The number of nitrogens with one attached hydrogen (secondary N) is 1. The molecule has 0 bridgehead atoms. The zero-order valence-electron chi connectivity index (χ0n) is 10.2. The molecule has 0 aliphatic carbocycles. The molecule has 0 radical (unpaired) electrons. The van der Waals surface area contributed by atoms with E-state index < -0.39 is 20.7 Å². The van der Waals surface area contributed by atoms with Gasteiger partial charge in [0, 0.05) is 19.7 Å². The van der Waals surface area contributed by atoms with E-state index in [2.05, 4.69) is 36.6 Å². The summed E-state index contributed by atoms with van der Waals surface area (Å²) >= 11 is 12.0. The summed E-state index contributed by atoms with van der Waals surface area (Å²) in [4.78, 5) is -0.537. The Balaban J connectivity index is 2.46. The summed E-state index contributed by atoms with van der Waals surface area (Å²) in [6.45, 7) is 0. The molecule has 0 heterocycles. The van der Waals surface area contributed by atoms with Crippen LogP contribution >= 0.6 is 43.5 Å². The van der Waals surface area contributed by atoms with E-state index >= 15 is 0 Å². The summed E-state index contributed by atoms with van der Waals surface area (Å²) in [7, 11) is -4.12. The highest BCUT2D eigenvalue weighted by molar-refractivity contribution is 9.11. The molecule has 0 saturated heterocycles. The zero-order valence-corrected chi connectivity index (χ0v) is 14.9. The van der Waals surface area contributed by atoms with Gasteiger partial charge in [-0.15, -0.1) is 0 Å². The molecule has 2 aromatic rings. The number of hydrogen-bond donors (Lipinski definition) is 2. The standard InChI is InChI=1S/C12H8Br2ClFN2O2S/c13-7-4-9(16)12(5-10(7)17)21(19,20)18-11-2-1-6(15)3-8(11)14/h1-5,18H,17H2. The highest BCUT2D eigenvalue weighted by atomic mass is 79.9. The predicted molar refractivity (Wildman–Crippen MR) is 88.5 cm³/mol. The molecule has 0 unspecified atom stereocenters. The van der Waals surface area contributed by atoms with Crippen molar-refractivity contribution in [3.63, 3.8) is 0 Å². The van der Waals surface area contributed by atoms with Crippen molar-refractivity contribution in [1.82, 2.24) is 0 Å². The number of nitrogens with two attached hydrogens (primary N) is 1. The fourth-order valence-corrected chi connectivity index (χ4v) is 3.93. The highest BCUT2D eigenvalue weighted by Gasteiger charge is 2.21. The van der Waals surface area contributed by atoms with Crippen LogP contribution in [0.4, 0.5) is 15.8 Å². The maximum absolute atomic E-state index is 13.9. The van der Waals surface area contributed by atoms with Crippen molar-refractivity contribution in [2.75, 3.05) is 10.5 Å². The summed E-state index contributed by atoms with van der Waals surface area (Å²) in [5, 5.41) is 0.434. The van der Waals surface area contributed by atoms with Gasteiger partial charge < -0.3 is 5.73 Å². The van der Waals surface area contributed by atoms with E-state index in [-0.39, 0.29) is 15.8 Å². The number of rotatable bonds is 3. The molecule has 112 valence electrons. The summed E-state index contributed by atoms with van der Waals surface area (Å²) in [5.41, 5.74) is 5.95. The minimum Gasteiger partial charge on any atom is -0.398 e. The van der Waals surface area contributed by atoms with E-state index in [0.717, 1.165) is 12.1 Å². The van der Waals surface area contributed by atoms with Crippen LogP contribution in [0, 0.1) is 5.82 Å². The summed E-state index contributed by atoms with van der Waals surface area (Å²) in [6, 6.07) is 6.54. The minimum atomic E-state index is -4.12. The number of anilines is 2. The molecule has 21 heavy (non-hydrogen) atoms. The van der Waals surface area contributed by atoms with Crippen LogP contribution in [0.5, 0.6) is 0 Å². The largest absolute Gasteiger partial charge is 0.398 e. The minimum absolute atomic E-state index is 0.118. The van der Waals surface area contributed by atoms with Crippen molar-refractivity contribution in [3.8, 4) is 0 Å². The number of hydrogen-bond acceptors (Lipinski definition) is 3. The van der Waals surface area contributed by atoms with E-state index in [1.807, 2.05) is 0 Å². The molecule has 0 atom stereocenters. The first-order chi connectivity index (χ1) is 9.70. The fraction of sp³-hybridized carbons (Fsp3) is 0. The van der Waals surface area contributed by atoms with Crippen molar-refractivity contribution in [1.29, 1.82) is 0 Å². The SMILES string of the molecule is Nc1cc(S(=O)(=O)Nc2ccc(Cl)cc2Br)c(F)cc1Br. The Morgan fingerprint density at radius 2 is 1.81 bits per heavy atom. The molecular weight excluding hydrogens is 450 g/mol. The Bertz CT molecular complexity index is 815. The first-order valence-corrected chi connectivity index (χ1v) is 8.88. The lowest BCUT2D eigenvalue weighted by Gasteiger charge is -2.11. The van der Waals surface area contributed by atoms with Crippen LogP contribution in [-0.4, -0.2) is 8.42 Å². The van der Waals surface area contributed by atoms with Crippen molar-refractivity contribution in [3.05, 3.63) is 50.1 Å². The second-order valence-corrected chi connectivity index (χ2v) is 7.83. The smallest absolute Gasteiger partial charge is 0.264 e. The van der Waals surface area contributed by atoms with Gasteiger partial charge in [-0.05, 0) is 62.2 Å². The lowest BCUT2D eigenvalue weighted by Crippen LogP contribution is -2.15. The fourth-order valence-electron chi connectivity index (χ4n) is 1.52. The molecule has 0 amide bonds. The number of halogens is 4. The van der Waals surface area contributed by atoms with Gasteiger partial charge in [0.2, 0.25) is 0 Å². The van der Waals surface area contributed by atoms with Crippen LogP contribution in [-0.2, 0) is 10.0 Å². The third kappa shape index (κ3) is 3.68. The van der Waals surface area contributed by atoms with E-state index in [1.54, 1.807) is 0 Å². The second kappa shape index (κ2) is 6.12. The quantitative estimate of drug-likeness (QED) is 0.671. The number of benzene rings is 2. The van der Waals surface area contributed by atoms with E-state index in [4.69, 9.17) is 17.3 Å². The van der Waals surface area contributed by atoms with Crippen LogP contribution in [0.1, 0.15) is 0 Å². The number of sulfonamides is 1. The molecule has 9 heteroatoms. The third-order valence-electron chi connectivity index (χ3n) is 2.52. The lowest BCUT2D eigenvalue weighted by molar-refractivity contribution is 0.570.